The summed E-state index contributed by atoms with van der Waals surface area (Å²) in [4.78, 5) is 24.1. The maximum absolute atomic E-state index is 12.4. The molecule has 3 aromatic carbocycles. The highest BCUT2D eigenvalue weighted by Crippen LogP contribution is 2.37. The molecule has 0 spiro atoms. The molecular formula is C24H19BrClNO5. The van der Waals surface area contributed by atoms with E-state index in [1.165, 1.54) is 13.2 Å². The summed E-state index contributed by atoms with van der Waals surface area (Å²) in [6.45, 7) is 0.262. The van der Waals surface area contributed by atoms with Gasteiger partial charge in [0.05, 0.1) is 11.6 Å². The van der Waals surface area contributed by atoms with Crippen molar-refractivity contribution < 1.29 is 24.2 Å². The van der Waals surface area contributed by atoms with E-state index in [0.29, 0.717) is 32.1 Å². The second-order valence-electron chi connectivity index (χ2n) is 6.64. The zero-order valence-electron chi connectivity index (χ0n) is 17.0. The number of halogens is 2. The molecule has 32 heavy (non-hydrogen) atoms. The van der Waals surface area contributed by atoms with Gasteiger partial charge in [-0.1, -0.05) is 41.9 Å². The Labute approximate surface area is 198 Å². The molecule has 164 valence electrons. The fourth-order valence-corrected chi connectivity index (χ4v) is 3.63. The van der Waals surface area contributed by atoms with Gasteiger partial charge in [-0.05, 0) is 69.5 Å². The molecule has 3 rings (SSSR count). The third-order valence-corrected chi connectivity index (χ3v) is 5.17. The Morgan fingerprint density at radius 1 is 1.09 bits per heavy atom. The molecule has 0 saturated heterocycles. The molecule has 2 N–H and O–H groups in total. The van der Waals surface area contributed by atoms with E-state index in [0.717, 1.165) is 5.56 Å². The van der Waals surface area contributed by atoms with E-state index >= 15 is 0 Å². The molecule has 0 bridgehead atoms. The van der Waals surface area contributed by atoms with Gasteiger partial charge in [0.15, 0.2) is 11.5 Å². The number of carbonyl (C=O) groups is 2. The second kappa shape index (κ2) is 10.8. The van der Waals surface area contributed by atoms with E-state index in [2.05, 4.69) is 21.2 Å². The lowest BCUT2D eigenvalue weighted by atomic mass is 10.1. The summed E-state index contributed by atoms with van der Waals surface area (Å²) in [5.41, 5.74) is 1.45. The summed E-state index contributed by atoms with van der Waals surface area (Å²) >= 11 is 9.46. The first kappa shape index (κ1) is 23.4. The normalized spacial score (nSPS) is 11.0. The van der Waals surface area contributed by atoms with Gasteiger partial charge < -0.3 is 19.9 Å². The van der Waals surface area contributed by atoms with E-state index in [1.807, 2.05) is 12.1 Å². The summed E-state index contributed by atoms with van der Waals surface area (Å²) < 4.78 is 11.9. The molecule has 0 unspecified atom stereocenters. The number of nitrogens with one attached hydrogen (secondary N) is 1. The number of hydrogen-bond donors (Lipinski definition) is 2. The van der Waals surface area contributed by atoms with E-state index in [9.17, 15) is 14.7 Å². The molecule has 0 aromatic heterocycles. The van der Waals surface area contributed by atoms with Crippen molar-refractivity contribution >= 4 is 45.5 Å². The zero-order chi connectivity index (χ0) is 23.1. The number of methoxy groups -OCH3 is 1. The molecule has 0 saturated carbocycles. The minimum absolute atomic E-state index is 0.262. The van der Waals surface area contributed by atoms with Crippen LogP contribution in [0.2, 0.25) is 5.02 Å². The zero-order valence-corrected chi connectivity index (χ0v) is 19.3. The van der Waals surface area contributed by atoms with Gasteiger partial charge in [0.25, 0.3) is 5.91 Å². The first-order valence-corrected chi connectivity index (χ1v) is 10.6. The highest BCUT2D eigenvalue weighted by Gasteiger charge is 2.16. The minimum Gasteiger partial charge on any atom is -0.493 e. The Morgan fingerprint density at radius 3 is 2.50 bits per heavy atom. The molecule has 6 nitrogen and oxygen atoms in total. The molecule has 8 heteroatoms. The largest absolute Gasteiger partial charge is 0.493 e. The van der Waals surface area contributed by atoms with Crippen molar-refractivity contribution in [2.45, 2.75) is 6.61 Å². The SMILES string of the molecule is COc1cc(/C=C(/NC(=O)c2ccccc2)C(=O)O)cc(Br)c1OCc1cccc(Cl)c1. The van der Waals surface area contributed by atoms with Crippen LogP contribution in [-0.2, 0) is 11.4 Å². The molecular weight excluding hydrogens is 498 g/mol. The van der Waals surface area contributed by atoms with Crippen molar-refractivity contribution in [3.63, 3.8) is 0 Å². The highest BCUT2D eigenvalue weighted by atomic mass is 79.9. The summed E-state index contributed by atoms with van der Waals surface area (Å²) in [5.74, 6) is -0.945. The van der Waals surface area contributed by atoms with Crippen LogP contribution in [0, 0.1) is 0 Å². The van der Waals surface area contributed by atoms with Crippen LogP contribution in [0.3, 0.4) is 0 Å². The standard InChI is InChI=1S/C24H19BrClNO5/c1-31-21-13-16(11-19(25)22(21)32-14-15-6-5-9-18(26)10-15)12-20(24(29)30)27-23(28)17-7-3-2-4-8-17/h2-13H,14H2,1H3,(H,27,28)(H,29,30)/b20-12+. The number of hydrogen-bond acceptors (Lipinski definition) is 4. The molecule has 1 amide bonds. The average molecular weight is 517 g/mol. The van der Waals surface area contributed by atoms with Crippen molar-refractivity contribution in [1.29, 1.82) is 0 Å². The second-order valence-corrected chi connectivity index (χ2v) is 7.93. The molecule has 0 atom stereocenters. The molecule has 0 heterocycles. The van der Waals surface area contributed by atoms with E-state index in [-0.39, 0.29) is 12.3 Å². The third-order valence-electron chi connectivity index (χ3n) is 4.35. The number of aliphatic carboxylic acids is 1. The van der Waals surface area contributed by atoms with Gasteiger partial charge in [-0.3, -0.25) is 4.79 Å². The van der Waals surface area contributed by atoms with E-state index in [1.54, 1.807) is 54.6 Å². The molecule has 0 aliphatic heterocycles. The summed E-state index contributed by atoms with van der Waals surface area (Å²) in [6.07, 6.45) is 1.34. The molecule has 0 aliphatic rings. The summed E-state index contributed by atoms with van der Waals surface area (Å²) in [7, 11) is 1.48. The minimum atomic E-state index is -1.27. The van der Waals surface area contributed by atoms with Crippen molar-refractivity contribution in [2.75, 3.05) is 7.11 Å². The van der Waals surface area contributed by atoms with Crippen LogP contribution in [-0.4, -0.2) is 24.1 Å². The maximum Gasteiger partial charge on any atom is 0.352 e. The average Bonchev–Trinajstić information content (AvgIpc) is 2.78. The number of carbonyl (C=O) groups excluding carboxylic acids is 1. The third kappa shape index (κ3) is 6.12. The van der Waals surface area contributed by atoms with Gasteiger partial charge in [-0.15, -0.1) is 0 Å². The number of carboxylic acids is 1. The van der Waals surface area contributed by atoms with Crippen LogP contribution in [0.4, 0.5) is 0 Å². The van der Waals surface area contributed by atoms with Gasteiger partial charge in [0, 0.05) is 10.6 Å². The number of benzene rings is 3. The van der Waals surface area contributed by atoms with E-state index in [4.69, 9.17) is 21.1 Å². The first-order valence-electron chi connectivity index (χ1n) is 9.43. The molecule has 0 aliphatic carbocycles. The quantitative estimate of drug-likeness (QED) is 0.384. The molecule has 3 aromatic rings. The molecule has 0 fully saturated rings. The summed E-state index contributed by atoms with van der Waals surface area (Å²) in [6, 6.07) is 18.9. The van der Waals surface area contributed by atoms with Crippen LogP contribution in [0.5, 0.6) is 11.5 Å². The lowest BCUT2D eigenvalue weighted by Gasteiger charge is -2.14. The Morgan fingerprint density at radius 2 is 1.84 bits per heavy atom. The predicted octanol–water partition coefficient (Wildman–Crippen LogP) is 5.55. The fourth-order valence-electron chi connectivity index (χ4n) is 2.85. The van der Waals surface area contributed by atoms with Gasteiger partial charge >= 0.3 is 5.97 Å². The van der Waals surface area contributed by atoms with Crippen LogP contribution in [0.15, 0.2) is 76.9 Å². The topological polar surface area (TPSA) is 84.9 Å². The van der Waals surface area contributed by atoms with Crippen LogP contribution < -0.4 is 14.8 Å². The predicted molar refractivity (Wildman–Crippen MR) is 126 cm³/mol. The van der Waals surface area contributed by atoms with Crippen molar-refractivity contribution in [1.82, 2.24) is 5.32 Å². The number of amides is 1. The smallest absolute Gasteiger partial charge is 0.352 e. The Kier molecular flexibility index (Phi) is 7.92. The van der Waals surface area contributed by atoms with Crippen LogP contribution in [0.1, 0.15) is 21.5 Å². The van der Waals surface area contributed by atoms with Crippen LogP contribution in [0.25, 0.3) is 6.08 Å². The lowest BCUT2D eigenvalue weighted by Crippen LogP contribution is -2.27. The number of ether oxygens (including phenoxy) is 2. The Bertz CT molecular complexity index is 1160. The lowest BCUT2D eigenvalue weighted by molar-refractivity contribution is -0.132. The van der Waals surface area contributed by atoms with Crippen LogP contribution >= 0.6 is 27.5 Å². The Balaban J connectivity index is 1.84. The van der Waals surface area contributed by atoms with Crippen molar-refractivity contribution in [2.24, 2.45) is 0 Å². The number of rotatable bonds is 8. The monoisotopic (exact) mass is 515 g/mol. The molecule has 0 radical (unpaired) electrons. The fraction of sp³-hybridized carbons (Fsp3) is 0.0833. The maximum atomic E-state index is 12.4. The van der Waals surface area contributed by atoms with Crippen molar-refractivity contribution in [3.8, 4) is 11.5 Å². The van der Waals surface area contributed by atoms with Gasteiger partial charge in [-0.25, -0.2) is 4.79 Å². The summed E-state index contributed by atoms with van der Waals surface area (Å²) in [5, 5.41) is 12.6. The number of carboxylic acid groups (broad SMARTS) is 1. The van der Waals surface area contributed by atoms with Gasteiger partial charge in [0.1, 0.15) is 12.3 Å². The van der Waals surface area contributed by atoms with Gasteiger partial charge in [-0.2, -0.15) is 0 Å². The highest BCUT2D eigenvalue weighted by molar-refractivity contribution is 9.10. The van der Waals surface area contributed by atoms with E-state index < -0.39 is 11.9 Å². The Hall–Kier alpha value is -3.29. The first-order chi connectivity index (χ1) is 15.4. The van der Waals surface area contributed by atoms with Gasteiger partial charge in [0.2, 0.25) is 0 Å². The van der Waals surface area contributed by atoms with Crippen molar-refractivity contribution in [3.05, 3.63) is 98.6 Å².